The Labute approximate surface area is 87.0 Å². The van der Waals surface area contributed by atoms with Gasteiger partial charge in [-0.2, -0.15) is 0 Å². The van der Waals surface area contributed by atoms with Crippen LogP contribution in [0.4, 0.5) is 0 Å². The number of rotatable bonds is 5. The SMILES string of the molecule is CCNC(C)(C)C(=O)NCC=C(C)C. The van der Waals surface area contributed by atoms with Crippen molar-refractivity contribution < 1.29 is 4.79 Å². The molecule has 0 rings (SSSR count). The van der Waals surface area contributed by atoms with Crippen molar-refractivity contribution in [2.75, 3.05) is 13.1 Å². The summed E-state index contributed by atoms with van der Waals surface area (Å²) in [6.07, 6.45) is 2.00. The lowest BCUT2D eigenvalue weighted by Crippen LogP contribution is -2.52. The first-order chi connectivity index (χ1) is 6.40. The second-order valence-electron chi connectivity index (χ2n) is 4.15. The number of hydrogen-bond donors (Lipinski definition) is 2. The van der Waals surface area contributed by atoms with Gasteiger partial charge in [0.25, 0.3) is 0 Å². The number of allylic oxidation sites excluding steroid dienone is 1. The molecule has 0 aliphatic heterocycles. The van der Waals surface area contributed by atoms with Crippen molar-refractivity contribution in [2.45, 2.75) is 40.2 Å². The molecule has 0 fully saturated rings. The smallest absolute Gasteiger partial charge is 0.239 e. The molecule has 3 nitrogen and oxygen atoms in total. The van der Waals surface area contributed by atoms with Gasteiger partial charge in [0.1, 0.15) is 0 Å². The number of likely N-dealkylation sites (N-methyl/N-ethyl adjacent to an activating group) is 1. The molecule has 0 radical (unpaired) electrons. The summed E-state index contributed by atoms with van der Waals surface area (Å²) in [7, 11) is 0. The van der Waals surface area contributed by atoms with Crippen LogP contribution in [-0.4, -0.2) is 24.5 Å². The highest BCUT2D eigenvalue weighted by atomic mass is 16.2. The van der Waals surface area contributed by atoms with Gasteiger partial charge in [0.2, 0.25) is 5.91 Å². The minimum absolute atomic E-state index is 0.0388. The normalized spacial score (nSPS) is 10.9. The fraction of sp³-hybridized carbons (Fsp3) is 0.727. The average molecular weight is 198 g/mol. The van der Waals surface area contributed by atoms with Crippen molar-refractivity contribution in [1.82, 2.24) is 10.6 Å². The van der Waals surface area contributed by atoms with Gasteiger partial charge >= 0.3 is 0 Å². The Balaban J connectivity index is 4.01. The topological polar surface area (TPSA) is 41.1 Å². The summed E-state index contributed by atoms with van der Waals surface area (Å²) >= 11 is 0. The summed E-state index contributed by atoms with van der Waals surface area (Å²) in [6.45, 7) is 11.2. The predicted octanol–water partition coefficient (Wildman–Crippen LogP) is 1.46. The minimum Gasteiger partial charge on any atom is -0.351 e. The largest absolute Gasteiger partial charge is 0.351 e. The zero-order valence-electron chi connectivity index (χ0n) is 9.90. The second kappa shape index (κ2) is 5.81. The van der Waals surface area contributed by atoms with Crippen molar-refractivity contribution in [3.8, 4) is 0 Å². The number of carbonyl (C=O) groups excluding carboxylic acids is 1. The lowest BCUT2D eigenvalue weighted by atomic mass is 10.0. The highest BCUT2D eigenvalue weighted by molar-refractivity contribution is 5.85. The van der Waals surface area contributed by atoms with Gasteiger partial charge in [-0.25, -0.2) is 0 Å². The summed E-state index contributed by atoms with van der Waals surface area (Å²) in [5, 5.41) is 5.99. The van der Waals surface area contributed by atoms with E-state index in [1.807, 2.05) is 40.7 Å². The van der Waals surface area contributed by atoms with Crippen molar-refractivity contribution >= 4 is 5.91 Å². The summed E-state index contributed by atoms with van der Waals surface area (Å²) < 4.78 is 0. The molecule has 0 aromatic rings. The molecule has 14 heavy (non-hydrogen) atoms. The summed E-state index contributed by atoms with van der Waals surface area (Å²) in [5.41, 5.74) is 0.732. The fourth-order valence-corrected chi connectivity index (χ4v) is 1.09. The maximum atomic E-state index is 11.6. The van der Waals surface area contributed by atoms with E-state index in [4.69, 9.17) is 0 Å². The van der Waals surface area contributed by atoms with Gasteiger partial charge in [0, 0.05) is 6.54 Å². The van der Waals surface area contributed by atoms with Crippen molar-refractivity contribution in [1.29, 1.82) is 0 Å². The predicted molar refractivity (Wildman–Crippen MR) is 60.2 cm³/mol. The van der Waals surface area contributed by atoms with E-state index in [2.05, 4.69) is 10.6 Å². The molecule has 0 aromatic carbocycles. The van der Waals surface area contributed by atoms with Crippen LogP contribution in [-0.2, 0) is 4.79 Å². The first-order valence-electron chi connectivity index (χ1n) is 5.07. The molecule has 0 saturated carbocycles. The van der Waals surface area contributed by atoms with Gasteiger partial charge in [0.15, 0.2) is 0 Å². The van der Waals surface area contributed by atoms with E-state index in [0.29, 0.717) is 6.54 Å². The van der Waals surface area contributed by atoms with Crippen LogP contribution in [0.5, 0.6) is 0 Å². The second-order valence-corrected chi connectivity index (χ2v) is 4.15. The van der Waals surface area contributed by atoms with Gasteiger partial charge in [-0.3, -0.25) is 4.79 Å². The third-order valence-corrected chi connectivity index (χ3v) is 1.96. The zero-order chi connectivity index (χ0) is 11.2. The van der Waals surface area contributed by atoms with Crippen molar-refractivity contribution in [2.24, 2.45) is 0 Å². The molecule has 0 saturated heterocycles. The first kappa shape index (κ1) is 13.2. The lowest BCUT2D eigenvalue weighted by Gasteiger charge is -2.24. The quantitative estimate of drug-likeness (QED) is 0.657. The minimum atomic E-state index is -0.482. The summed E-state index contributed by atoms with van der Waals surface area (Å²) in [4.78, 5) is 11.6. The van der Waals surface area contributed by atoms with E-state index >= 15 is 0 Å². The number of nitrogens with one attached hydrogen (secondary N) is 2. The monoisotopic (exact) mass is 198 g/mol. The standard InChI is InChI=1S/C11H22N2O/c1-6-13-11(4,5)10(14)12-8-7-9(2)3/h7,13H,6,8H2,1-5H3,(H,12,14). The van der Waals surface area contributed by atoms with Gasteiger partial charge in [-0.15, -0.1) is 0 Å². The number of carbonyl (C=O) groups is 1. The molecule has 0 unspecified atom stereocenters. The van der Waals surface area contributed by atoms with Gasteiger partial charge in [-0.1, -0.05) is 18.6 Å². The molecule has 0 heterocycles. The van der Waals surface area contributed by atoms with E-state index < -0.39 is 5.54 Å². The summed E-state index contributed by atoms with van der Waals surface area (Å²) in [6, 6.07) is 0. The third-order valence-electron chi connectivity index (χ3n) is 1.96. The van der Waals surface area contributed by atoms with Crippen LogP contribution in [0.25, 0.3) is 0 Å². The van der Waals surface area contributed by atoms with Crippen LogP contribution in [0.1, 0.15) is 34.6 Å². The molecule has 3 heteroatoms. The maximum Gasteiger partial charge on any atom is 0.239 e. The molecule has 0 spiro atoms. The van der Waals surface area contributed by atoms with Gasteiger partial charge < -0.3 is 10.6 Å². The van der Waals surface area contributed by atoms with Crippen LogP contribution in [0.3, 0.4) is 0 Å². The molecule has 2 N–H and O–H groups in total. The fourth-order valence-electron chi connectivity index (χ4n) is 1.09. The molecule has 1 amide bonds. The van der Waals surface area contributed by atoms with Gasteiger partial charge in [0.05, 0.1) is 5.54 Å². The Kier molecular flexibility index (Phi) is 5.46. The van der Waals surface area contributed by atoms with Crippen LogP contribution < -0.4 is 10.6 Å². The average Bonchev–Trinajstić information content (AvgIpc) is 2.03. The molecule has 0 bridgehead atoms. The Morgan fingerprint density at radius 2 is 1.93 bits per heavy atom. The van der Waals surface area contributed by atoms with Gasteiger partial charge in [-0.05, 0) is 34.2 Å². The Bertz CT molecular complexity index is 215. The van der Waals surface area contributed by atoms with E-state index in [0.717, 1.165) is 6.54 Å². The van der Waals surface area contributed by atoms with E-state index in [1.54, 1.807) is 0 Å². The van der Waals surface area contributed by atoms with Crippen LogP contribution in [0.15, 0.2) is 11.6 Å². The van der Waals surface area contributed by atoms with Crippen LogP contribution in [0.2, 0.25) is 0 Å². The molecular formula is C11H22N2O. The number of hydrogen-bond acceptors (Lipinski definition) is 2. The molecule has 0 aromatic heterocycles. The van der Waals surface area contributed by atoms with E-state index in [1.165, 1.54) is 5.57 Å². The molecular weight excluding hydrogens is 176 g/mol. The van der Waals surface area contributed by atoms with E-state index in [-0.39, 0.29) is 5.91 Å². The highest BCUT2D eigenvalue weighted by Gasteiger charge is 2.25. The Morgan fingerprint density at radius 1 is 1.36 bits per heavy atom. The molecule has 0 aliphatic carbocycles. The maximum absolute atomic E-state index is 11.6. The zero-order valence-corrected chi connectivity index (χ0v) is 9.90. The molecule has 0 atom stereocenters. The van der Waals surface area contributed by atoms with Crippen LogP contribution in [0, 0.1) is 0 Å². The van der Waals surface area contributed by atoms with Crippen LogP contribution >= 0.6 is 0 Å². The highest BCUT2D eigenvalue weighted by Crippen LogP contribution is 2.00. The van der Waals surface area contributed by atoms with Crippen molar-refractivity contribution in [3.05, 3.63) is 11.6 Å². The molecule has 0 aliphatic rings. The van der Waals surface area contributed by atoms with E-state index in [9.17, 15) is 4.79 Å². The molecule has 82 valence electrons. The third kappa shape index (κ3) is 5.02. The summed E-state index contributed by atoms with van der Waals surface area (Å²) in [5.74, 6) is 0.0388. The lowest BCUT2D eigenvalue weighted by molar-refractivity contribution is -0.126. The Morgan fingerprint density at radius 3 is 2.36 bits per heavy atom. The number of amides is 1. The Hall–Kier alpha value is -0.830. The first-order valence-corrected chi connectivity index (χ1v) is 5.07. The van der Waals surface area contributed by atoms with Crippen molar-refractivity contribution in [3.63, 3.8) is 0 Å².